The van der Waals surface area contributed by atoms with Gasteiger partial charge < -0.3 is 49.6 Å². The summed E-state index contributed by atoms with van der Waals surface area (Å²) in [5.74, 6) is -1.09. The van der Waals surface area contributed by atoms with Crippen molar-refractivity contribution in [3.8, 4) is 0 Å². The van der Waals surface area contributed by atoms with Crippen LogP contribution in [0, 0.1) is 0 Å². The van der Waals surface area contributed by atoms with Gasteiger partial charge in [0, 0.05) is 24.3 Å². The van der Waals surface area contributed by atoms with Crippen molar-refractivity contribution in [2.45, 2.75) is 132 Å². The lowest BCUT2D eigenvalue weighted by Crippen LogP contribution is -2.72. The molecule has 0 radical (unpaired) electrons. The number of carboxylic acid groups (broad SMARTS) is 2. The van der Waals surface area contributed by atoms with E-state index < -0.39 is 85.0 Å². The molecule has 17 heteroatoms. The van der Waals surface area contributed by atoms with Crippen LogP contribution in [0.4, 0.5) is 14.4 Å². The predicted octanol–water partition coefficient (Wildman–Crippen LogP) is 4.87. The molecule has 17 nitrogen and oxygen atoms in total. The van der Waals surface area contributed by atoms with E-state index in [-0.39, 0.29) is 19.6 Å². The molecule has 0 bridgehead atoms. The standard InChI is InChI=1S/C36H46N6O11/c1-21(42(19-22-11-5-2-6-12-22)35(48)49-20-23-13-7-3-8-14-23)25-16-15-24(40-41-37)32(50-25)51-29-26(38-33(44)45)28(43)27(39-34(46)47)30-31(29)53-36(52-30)17-9-4-10-18-36/h2-3,5-8,11-14,21,24-32,38-39,43H,4,9-10,15-20H2,1H3,(H,44,45)(H,46,47)/t21-,24+,25-,26-,27+,28-,29+,30-,31-,32+/m0/s1. The highest BCUT2D eigenvalue weighted by Gasteiger charge is 2.62. The summed E-state index contributed by atoms with van der Waals surface area (Å²) >= 11 is 0. The minimum absolute atomic E-state index is 0.0553. The minimum atomic E-state index is -1.65. The third-order valence-electron chi connectivity index (χ3n) is 10.5. The average molecular weight is 739 g/mol. The third kappa shape index (κ3) is 8.95. The number of nitrogens with zero attached hydrogens (tertiary/aromatic N) is 4. The fourth-order valence-electron chi connectivity index (χ4n) is 7.89. The van der Waals surface area contributed by atoms with Crippen molar-refractivity contribution < 1.29 is 53.4 Å². The lowest BCUT2D eigenvalue weighted by atomic mass is 9.81. The number of amides is 3. The van der Waals surface area contributed by atoms with E-state index in [1.807, 2.05) is 67.6 Å². The molecule has 2 aromatic rings. The summed E-state index contributed by atoms with van der Waals surface area (Å²) in [5.41, 5.74) is 11.2. The number of nitrogens with one attached hydrogen (secondary N) is 2. The van der Waals surface area contributed by atoms with Crippen molar-refractivity contribution in [3.63, 3.8) is 0 Å². The number of carbonyl (C=O) groups excluding carboxylic acids is 1. The number of hydrogen-bond donors (Lipinski definition) is 5. The Morgan fingerprint density at radius 1 is 0.943 bits per heavy atom. The summed E-state index contributed by atoms with van der Waals surface area (Å²) in [6.45, 7) is 2.08. The Labute approximate surface area is 306 Å². The molecule has 2 saturated heterocycles. The lowest BCUT2D eigenvalue weighted by Gasteiger charge is -2.47. The molecule has 10 atom stereocenters. The molecule has 4 aliphatic rings. The van der Waals surface area contributed by atoms with E-state index in [1.165, 1.54) is 0 Å². The number of hydrogen-bond acceptors (Lipinski definition) is 10. The fourth-order valence-corrected chi connectivity index (χ4v) is 7.89. The smallest absolute Gasteiger partial charge is 0.410 e. The molecule has 3 amide bonds. The van der Waals surface area contributed by atoms with Crippen LogP contribution in [0.25, 0.3) is 10.4 Å². The number of fused-ring (bicyclic) bond motifs is 1. The molecular weight excluding hydrogens is 692 g/mol. The largest absolute Gasteiger partial charge is 0.465 e. The summed E-state index contributed by atoms with van der Waals surface area (Å²) in [7, 11) is 0. The van der Waals surface area contributed by atoms with Crippen LogP contribution in [0.15, 0.2) is 65.8 Å². The number of benzene rings is 2. The second-order valence-corrected chi connectivity index (χ2v) is 14.0. The van der Waals surface area contributed by atoms with Crippen LogP contribution in [-0.2, 0) is 36.8 Å². The second-order valence-electron chi connectivity index (χ2n) is 14.0. The Balaban J connectivity index is 1.27. The van der Waals surface area contributed by atoms with E-state index in [9.17, 15) is 35.2 Å². The number of carbonyl (C=O) groups is 3. The van der Waals surface area contributed by atoms with Gasteiger partial charge in [-0.1, -0.05) is 72.2 Å². The van der Waals surface area contributed by atoms with E-state index in [0.29, 0.717) is 19.3 Å². The van der Waals surface area contributed by atoms with Crippen molar-refractivity contribution in [2.24, 2.45) is 5.11 Å². The highest BCUT2D eigenvalue weighted by atomic mass is 16.8. The van der Waals surface area contributed by atoms with Crippen LogP contribution in [0.1, 0.15) is 63.0 Å². The van der Waals surface area contributed by atoms with Crippen molar-refractivity contribution in [2.75, 3.05) is 0 Å². The molecule has 2 aliphatic carbocycles. The summed E-state index contributed by atoms with van der Waals surface area (Å²) in [5, 5.41) is 39.5. The molecule has 2 saturated carbocycles. The summed E-state index contributed by atoms with van der Waals surface area (Å²) < 4.78 is 31.7. The summed E-state index contributed by atoms with van der Waals surface area (Å²) in [6, 6.07) is 14.6. The summed E-state index contributed by atoms with van der Waals surface area (Å²) in [4.78, 5) is 42.2. The van der Waals surface area contributed by atoms with Crippen LogP contribution in [0.2, 0.25) is 0 Å². The van der Waals surface area contributed by atoms with Crippen LogP contribution in [0.5, 0.6) is 0 Å². The molecule has 286 valence electrons. The third-order valence-corrected chi connectivity index (χ3v) is 10.5. The van der Waals surface area contributed by atoms with Crippen LogP contribution >= 0.6 is 0 Å². The first-order valence-corrected chi connectivity index (χ1v) is 18.0. The number of azide groups is 1. The monoisotopic (exact) mass is 738 g/mol. The quantitative estimate of drug-likeness (QED) is 0.118. The van der Waals surface area contributed by atoms with Gasteiger partial charge in [-0.3, -0.25) is 4.90 Å². The molecular formula is C36H46N6O11. The molecule has 2 aromatic carbocycles. The van der Waals surface area contributed by atoms with Crippen LogP contribution < -0.4 is 10.6 Å². The van der Waals surface area contributed by atoms with Gasteiger partial charge in [0.2, 0.25) is 0 Å². The molecule has 0 unspecified atom stereocenters. The average Bonchev–Trinajstić information content (AvgIpc) is 3.52. The van der Waals surface area contributed by atoms with E-state index in [2.05, 4.69) is 20.7 Å². The predicted molar refractivity (Wildman–Crippen MR) is 185 cm³/mol. The zero-order valence-electron chi connectivity index (χ0n) is 29.3. The highest BCUT2D eigenvalue weighted by Crippen LogP contribution is 2.46. The highest BCUT2D eigenvalue weighted by molar-refractivity contribution is 5.68. The maximum absolute atomic E-state index is 13.7. The normalized spacial score (nSPS) is 30.9. The molecule has 1 spiro atoms. The minimum Gasteiger partial charge on any atom is -0.465 e. The van der Waals surface area contributed by atoms with E-state index in [0.717, 1.165) is 30.4 Å². The van der Waals surface area contributed by atoms with Crippen LogP contribution in [-0.4, -0.2) is 105 Å². The van der Waals surface area contributed by atoms with Gasteiger partial charge in [0.1, 0.15) is 24.9 Å². The summed E-state index contributed by atoms with van der Waals surface area (Å²) in [6.07, 6.45) is -6.26. The lowest BCUT2D eigenvalue weighted by molar-refractivity contribution is -0.265. The number of aliphatic hydroxyl groups excluding tert-OH is 1. The van der Waals surface area contributed by atoms with Gasteiger partial charge in [-0.2, -0.15) is 0 Å². The van der Waals surface area contributed by atoms with Gasteiger partial charge >= 0.3 is 18.3 Å². The van der Waals surface area contributed by atoms with Crippen molar-refractivity contribution >= 4 is 18.3 Å². The Morgan fingerprint density at radius 3 is 2.21 bits per heavy atom. The second kappa shape index (κ2) is 17.0. The van der Waals surface area contributed by atoms with E-state index in [4.69, 9.17) is 23.7 Å². The van der Waals surface area contributed by atoms with Gasteiger partial charge in [-0.05, 0) is 49.3 Å². The molecule has 0 aromatic heterocycles. The Kier molecular flexibility index (Phi) is 12.2. The fraction of sp³-hybridized carbons (Fsp3) is 0.583. The van der Waals surface area contributed by atoms with Gasteiger partial charge in [0.25, 0.3) is 0 Å². The first kappa shape index (κ1) is 38.1. The number of ether oxygens (including phenoxy) is 5. The van der Waals surface area contributed by atoms with Gasteiger partial charge in [0.15, 0.2) is 12.1 Å². The first-order chi connectivity index (χ1) is 25.6. The van der Waals surface area contributed by atoms with E-state index >= 15 is 0 Å². The number of aliphatic hydroxyl groups is 1. The maximum Gasteiger partial charge on any atom is 0.410 e. The van der Waals surface area contributed by atoms with Crippen molar-refractivity contribution in [1.82, 2.24) is 15.5 Å². The Bertz CT molecular complexity index is 1610. The zero-order chi connectivity index (χ0) is 37.5. The Hall–Kier alpha value is -4.64. The molecule has 2 heterocycles. The maximum atomic E-state index is 13.7. The van der Waals surface area contributed by atoms with Gasteiger partial charge in [-0.15, -0.1) is 0 Å². The van der Waals surface area contributed by atoms with E-state index in [1.54, 1.807) is 4.90 Å². The van der Waals surface area contributed by atoms with Crippen molar-refractivity contribution in [3.05, 3.63) is 82.2 Å². The number of rotatable bonds is 11. The molecule has 5 N–H and O–H groups in total. The topological polar surface area (TPSA) is 234 Å². The first-order valence-electron chi connectivity index (χ1n) is 18.0. The Morgan fingerprint density at radius 2 is 1.57 bits per heavy atom. The molecule has 2 aliphatic heterocycles. The molecule has 4 fully saturated rings. The van der Waals surface area contributed by atoms with Crippen molar-refractivity contribution in [1.29, 1.82) is 0 Å². The van der Waals surface area contributed by atoms with Gasteiger partial charge in [-0.25, -0.2) is 14.4 Å². The molecule has 53 heavy (non-hydrogen) atoms. The molecule has 6 rings (SSSR count). The van der Waals surface area contributed by atoms with Crippen LogP contribution in [0.3, 0.4) is 0 Å². The SMILES string of the molecule is C[C@@H]([C@@H]1CC[C@@H](N=[N+]=[N-])[C@@H](O[C@@H]2[C@@H](NC(=O)O)[C@H](O)[C@@H](NC(=O)O)[C@@H]3OC4(CCCCC4)O[C@@H]23)O1)N(Cc1ccccc1)C(=O)OCc1ccccc1. The zero-order valence-corrected chi connectivity index (χ0v) is 29.3. The van der Waals surface area contributed by atoms with Gasteiger partial charge in [0.05, 0.1) is 36.4 Å².